The lowest BCUT2D eigenvalue weighted by Gasteiger charge is -2.34. The van der Waals surface area contributed by atoms with Crippen molar-refractivity contribution in [3.8, 4) is 0 Å². The van der Waals surface area contributed by atoms with E-state index in [0.717, 1.165) is 44.6 Å². The smallest absolute Gasteiger partial charge is 0.384 e. The topological polar surface area (TPSA) is 90.3 Å². The maximum atomic E-state index is 12.1. The van der Waals surface area contributed by atoms with Crippen LogP contribution in [0.3, 0.4) is 0 Å². The van der Waals surface area contributed by atoms with Crippen LogP contribution in [0.2, 0.25) is 0 Å². The van der Waals surface area contributed by atoms with E-state index in [-0.39, 0.29) is 18.3 Å². The van der Waals surface area contributed by atoms with Gasteiger partial charge >= 0.3 is 12.8 Å². The van der Waals surface area contributed by atoms with Gasteiger partial charge in [0.1, 0.15) is 6.61 Å². The minimum atomic E-state index is -4.09. The summed E-state index contributed by atoms with van der Waals surface area (Å²) in [5.74, 6) is 1.46. The van der Waals surface area contributed by atoms with Crippen molar-refractivity contribution in [3.63, 3.8) is 0 Å². The molecule has 0 bridgehead atoms. The highest BCUT2D eigenvalue weighted by molar-refractivity contribution is 8.54. The molecule has 1 heterocycles. The highest BCUT2D eigenvalue weighted by Crippen LogP contribution is 2.49. The molecule has 0 unspecified atom stereocenters. The minimum absolute atomic E-state index is 0.0204. The number of piperazine rings is 1. The second-order valence-electron chi connectivity index (χ2n) is 9.70. The van der Waals surface area contributed by atoms with Gasteiger partial charge in [-0.1, -0.05) is 41.5 Å². The minimum Gasteiger partial charge on any atom is -0.464 e. The van der Waals surface area contributed by atoms with E-state index in [1.165, 1.54) is 0 Å². The molecule has 1 fully saturated rings. The summed E-state index contributed by atoms with van der Waals surface area (Å²) in [6, 6.07) is 0. The molecule has 0 radical (unpaired) electrons. The standard InChI is InChI=1S/C13H27N2O5PS.2C4H10/c1-13(2,4-5-15-8-6-14(3)7-9-15)12(16)20-10-11-22-21(17,18)19;2*1-4(2)3/h4-11H2,1-3H3,(H2,17,18,19);2*4H,1-3H3. The predicted octanol–water partition coefficient (Wildman–Crippen LogP) is 4.34. The molecule has 0 atom stereocenters. The Morgan fingerprint density at radius 1 is 1.03 bits per heavy atom. The maximum Gasteiger partial charge on any atom is 0.384 e. The van der Waals surface area contributed by atoms with Crippen molar-refractivity contribution in [2.45, 2.75) is 61.8 Å². The van der Waals surface area contributed by atoms with Gasteiger partial charge < -0.3 is 24.3 Å². The number of carbonyl (C=O) groups is 1. The van der Waals surface area contributed by atoms with Crippen molar-refractivity contribution in [1.82, 2.24) is 9.80 Å². The summed E-state index contributed by atoms with van der Waals surface area (Å²) in [5.41, 5.74) is -0.587. The molecule has 9 heteroatoms. The summed E-state index contributed by atoms with van der Waals surface area (Å²) in [6.07, 6.45) is 0.710. The molecule has 0 aliphatic carbocycles. The van der Waals surface area contributed by atoms with E-state index in [1.54, 1.807) is 0 Å². The van der Waals surface area contributed by atoms with Crippen molar-refractivity contribution >= 4 is 24.1 Å². The predicted molar refractivity (Wildman–Crippen MR) is 129 cm³/mol. The van der Waals surface area contributed by atoms with E-state index in [4.69, 9.17) is 14.5 Å². The molecule has 0 aromatic rings. The van der Waals surface area contributed by atoms with Gasteiger partial charge in [-0.05, 0) is 57.1 Å². The van der Waals surface area contributed by atoms with Crippen molar-refractivity contribution < 1.29 is 23.9 Å². The van der Waals surface area contributed by atoms with E-state index in [0.29, 0.717) is 17.8 Å². The van der Waals surface area contributed by atoms with E-state index < -0.39 is 12.2 Å². The Labute approximate surface area is 189 Å². The number of nitrogens with zero attached hydrogens (tertiary/aromatic N) is 2. The summed E-state index contributed by atoms with van der Waals surface area (Å²) >= 11 is 0.499. The Kier molecular flexibility index (Phi) is 17.7. The fourth-order valence-corrected chi connectivity index (χ4v) is 3.43. The quantitative estimate of drug-likeness (QED) is 0.308. The van der Waals surface area contributed by atoms with Crippen molar-refractivity contribution in [2.75, 3.05) is 52.1 Å². The Morgan fingerprint density at radius 2 is 1.47 bits per heavy atom. The molecule has 182 valence electrons. The molecule has 1 rings (SSSR count). The molecular weight excluding hydrogens is 423 g/mol. The molecule has 1 aliphatic heterocycles. The Balaban J connectivity index is 0. The van der Waals surface area contributed by atoms with E-state index in [1.807, 2.05) is 13.8 Å². The first kappa shape index (κ1) is 32.1. The molecule has 0 saturated carbocycles. The summed E-state index contributed by atoms with van der Waals surface area (Å²) in [7, 11) is 2.11. The van der Waals surface area contributed by atoms with Gasteiger partial charge in [-0.2, -0.15) is 0 Å². The third kappa shape index (κ3) is 22.6. The first-order chi connectivity index (χ1) is 13.6. The van der Waals surface area contributed by atoms with E-state index >= 15 is 0 Å². The van der Waals surface area contributed by atoms with Crippen LogP contribution in [0.4, 0.5) is 0 Å². The van der Waals surface area contributed by atoms with E-state index in [9.17, 15) is 9.36 Å². The zero-order valence-corrected chi connectivity index (χ0v) is 22.4. The fraction of sp³-hybridized carbons (Fsp3) is 0.952. The summed E-state index contributed by atoms with van der Waals surface area (Å²) in [6.45, 7) is 17.6. The Hall–Kier alpha value is -0.110. The van der Waals surface area contributed by atoms with E-state index in [2.05, 4.69) is 58.4 Å². The van der Waals surface area contributed by atoms with Gasteiger partial charge in [-0.25, -0.2) is 4.57 Å². The second-order valence-corrected chi connectivity index (χ2v) is 13.6. The Morgan fingerprint density at radius 3 is 1.87 bits per heavy atom. The number of rotatable bonds is 8. The molecular formula is C21H47N2O5PS. The van der Waals surface area contributed by atoms with Crippen LogP contribution < -0.4 is 0 Å². The number of esters is 1. The summed E-state index contributed by atoms with van der Waals surface area (Å²) in [5, 5.41) is 0. The van der Waals surface area contributed by atoms with Crippen LogP contribution in [0, 0.1) is 17.3 Å². The van der Waals surface area contributed by atoms with Gasteiger partial charge in [-0.3, -0.25) is 4.79 Å². The lowest BCUT2D eigenvalue weighted by Crippen LogP contribution is -2.45. The van der Waals surface area contributed by atoms with Gasteiger partial charge in [-0.15, -0.1) is 0 Å². The second kappa shape index (κ2) is 16.5. The van der Waals surface area contributed by atoms with Gasteiger partial charge in [0, 0.05) is 31.9 Å². The van der Waals surface area contributed by atoms with Crippen LogP contribution in [-0.2, 0) is 14.1 Å². The normalized spacial score (nSPS) is 15.9. The van der Waals surface area contributed by atoms with Crippen molar-refractivity contribution in [1.29, 1.82) is 0 Å². The SMILES string of the molecule is CC(C)C.CC(C)C.CN1CCN(CCC(C)(C)C(=O)OCCSP(=O)(O)O)CC1. The third-order valence-electron chi connectivity index (χ3n) is 3.78. The zero-order valence-electron chi connectivity index (χ0n) is 20.7. The molecule has 1 saturated heterocycles. The zero-order chi connectivity index (χ0) is 24.0. The summed E-state index contributed by atoms with van der Waals surface area (Å²) < 4.78 is 15.8. The molecule has 0 amide bonds. The lowest BCUT2D eigenvalue weighted by atomic mass is 9.89. The summed E-state index contributed by atoms with van der Waals surface area (Å²) in [4.78, 5) is 34.1. The Bertz CT molecular complexity index is 478. The van der Waals surface area contributed by atoms with Crippen LogP contribution >= 0.6 is 18.2 Å². The molecule has 0 aromatic carbocycles. The van der Waals surface area contributed by atoms with Crippen LogP contribution in [0.15, 0.2) is 0 Å². The average molecular weight is 471 g/mol. The maximum absolute atomic E-state index is 12.1. The van der Waals surface area contributed by atoms with Gasteiger partial charge in [0.05, 0.1) is 5.41 Å². The number of ether oxygens (including phenoxy) is 1. The fourth-order valence-electron chi connectivity index (χ4n) is 2.10. The van der Waals surface area contributed by atoms with Crippen LogP contribution in [-0.4, -0.2) is 77.7 Å². The number of likely N-dealkylation sites (N-methyl/N-ethyl adjacent to an activating group) is 1. The third-order valence-corrected chi connectivity index (χ3v) is 6.02. The van der Waals surface area contributed by atoms with Crippen LogP contribution in [0.25, 0.3) is 0 Å². The first-order valence-electron chi connectivity index (χ1n) is 10.8. The van der Waals surface area contributed by atoms with Crippen LogP contribution in [0.1, 0.15) is 61.8 Å². The molecule has 2 N–H and O–H groups in total. The van der Waals surface area contributed by atoms with Crippen molar-refractivity contribution in [3.05, 3.63) is 0 Å². The molecule has 7 nitrogen and oxygen atoms in total. The average Bonchev–Trinajstić information content (AvgIpc) is 2.56. The molecule has 0 aromatic heterocycles. The number of hydrogen-bond acceptors (Lipinski definition) is 6. The monoisotopic (exact) mass is 470 g/mol. The number of carbonyl (C=O) groups excluding carboxylic acids is 1. The largest absolute Gasteiger partial charge is 0.464 e. The molecule has 30 heavy (non-hydrogen) atoms. The lowest BCUT2D eigenvalue weighted by molar-refractivity contribution is -0.153. The van der Waals surface area contributed by atoms with Gasteiger partial charge in [0.25, 0.3) is 0 Å². The van der Waals surface area contributed by atoms with Crippen LogP contribution in [0.5, 0.6) is 0 Å². The highest BCUT2D eigenvalue weighted by Gasteiger charge is 2.30. The van der Waals surface area contributed by atoms with Crippen molar-refractivity contribution in [2.24, 2.45) is 17.3 Å². The first-order valence-corrected chi connectivity index (χ1v) is 14.0. The van der Waals surface area contributed by atoms with Gasteiger partial charge in [0.15, 0.2) is 0 Å². The molecule has 1 aliphatic rings. The molecule has 0 spiro atoms. The number of hydrogen-bond donors (Lipinski definition) is 2. The van der Waals surface area contributed by atoms with Gasteiger partial charge in [0.2, 0.25) is 0 Å². The highest BCUT2D eigenvalue weighted by atomic mass is 32.7.